The Bertz CT molecular complexity index is 416. The molecule has 2 fully saturated rings. The lowest BCUT2D eigenvalue weighted by molar-refractivity contribution is 0.176. The molecular weight excluding hydrogens is 270 g/mol. The molecule has 1 saturated carbocycles. The van der Waals surface area contributed by atoms with Gasteiger partial charge in [-0.15, -0.1) is 0 Å². The first-order valence-corrected chi connectivity index (χ1v) is 8.04. The van der Waals surface area contributed by atoms with Crippen LogP contribution >= 0.6 is 0 Å². The number of carbonyl (C=O) groups excluding carboxylic acids is 1. The standard InChI is InChI=1S/C11H21N3O4S/c1-18-11(15)13-19(16,17)14(7-9-4-5-9)8-10-3-2-6-12-10/h9-10,12H,2-8H2,1H3,(H,13,15). The maximum Gasteiger partial charge on any atom is 0.421 e. The van der Waals surface area contributed by atoms with Crippen molar-refractivity contribution in [1.82, 2.24) is 14.3 Å². The summed E-state index contributed by atoms with van der Waals surface area (Å²) in [4.78, 5) is 11.1. The summed E-state index contributed by atoms with van der Waals surface area (Å²) in [7, 11) is -2.66. The number of hydrogen-bond acceptors (Lipinski definition) is 5. The number of nitrogens with one attached hydrogen (secondary N) is 2. The van der Waals surface area contributed by atoms with Crippen LogP contribution in [0.25, 0.3) is 0 Å². The highest BCUT2D eigenvalue weighted by molar-refractivity contribution is 7.87. The summed E-state index contributed by atoms with van der Waals surface area (Å²) in [6.45, 7) is 1.81. The Kier molecular flexibility index (Phi) is 4.64. The highest BCUT2D eigenvalue weighted by Crippen LogP contribution is 2.30. The van der Waals surface area contributed by atoms with E-state index >= 15 is 0 Å². The van der Waals surface area contributed by atoms with Crippen LogP contribution in [0.3, 0.4) is 0 Å². The molecule has 1 aliphatic heterocycles. The summed E-state index contributed by atoms with van der Waals surface area (Å²) >= 11 is 0. The van der Waals surface area contributed by atoms with E-state index in [-0.39, 0.29) is 6.04 Å². The van der Waals surface area contributed by atoms with Crippen molar-refractivity contribution in [3.8, 4) is 0 Å². The number of carbonyl (C=O) groups is 1. The molecule has 0 bridgehead atoms. The molecule has 1 heterocycles. The van der Waals surface area contributed by atoms with Crippen LogP contribution < -0.4 is 10.0 Å². The summed E-state index contributed by atoms with van der Waals surface area (Å²) in [5, 5.41) is 3.27. The zero-order valence-corrected chi connectivity index (χ0v) is 11.9. The Labute approximate surface area is 113 Å². The van der Waals surface area contributed by atoms with Gasteiger partial charge in [0.15, 0.2) is 0 Å². The van der Waals surface area contributed by atoms with Crippen molar-refractivity contribution in [2.75, 3.05) is 26.7 Å². The van der Waals surface area contributed by atoms with Crippen molar-refractivity contribution in [3.63, 3.8) is 0 Å². The number of amides is 1. The minimum atomic E-state index is -3.81. The van der Waals surface area contributed by atoms with Gasteiger partial charge in [0.1, 0.15) is 0 Å². The first kappa shape index (κ1) is 14.5. The fourth-order valence-electron chi connectivity index (χ4n) is 2.23. The van der Waals surface area contributed by atoms with Gasteiger partial charge in [-0.05, 0) is 38.1 Å². The van der Waals surface area contributed by atoms with E-state index in [2.05, 4.69) is 10.1 Å². The van der Waals surface area contributed by atoms with Gasteiger partial charge < -0.3 is 10.1 Å². The maximum atomic E-state index is 12.1. The van der Waals surface area contributed by atoms with Crippen LogP contribution in [-0.2, 0) is 14.9 Å². The Hall–Kier alpha value is -0.860. The van der Waals surface area contributed by atoms with E-state index in [4.69, 9.17) is 0 Å². The summed E-state index contributed by atoms with van der Waals surface area (Å²) in [5.74, 6) is 0.427. The van der Waals surface area contributed by atoms with Gasteiger partial charge in [0.2, 0.25) is 0 Å². The van der Waals surface area contributed by atoms with Gasteiger partial charge in [0, 0.05) is 19.1 Å². The molecule has 2 rings (SSSR count). The van der Waals surface area contributed by atoms with Crippen LogP contribution in [0.4, 0.5) is 4.79 Å². The second kappa shape index (κ2) is 6.06. The van der Waals surface area contributed by atoms with Crippen LogP contribution in [0.2, 0.25) is 0 Å². The van der Waals surface area contributed by atoms with Crippen molar-refractivity contribution in [2.24, 2.45) is 5.92 Å². The first-order valence-electron chi connectivity index (χ1n) is 6.60. The van der Waals surface area contributed by atoms with Gasteiger partial charge >= 0.3 is 16.3 Å². The molecule has 2 N–H and O–H groups in total. The molecular formula is C11H21N3O4S. The topological polar surface area (TPSA) is 87.7 Å². The Morgan fingerprint density at radius 2 is 2.11 bits per heavy atom. The van der Waals surface area contributed by atoms with E-state index < -0.39 is 16.3 Å². The molecule has 0 aromatic heterocycles. The Morgan fingerprint density at radius 1 is 1.37 bits per heavy atom. The van der Waals surface area contributed by atoms with Crippen molar-refractivity contribution in [1.29, 1.82) is 0 Å². The van der Waals surface area contributed by atoms with E-state index in [0.717, 1.165) is 39.3 Å². The molecule has 0 radical (unpaired) electrons. The highest BCUT2D eigenvalue weighted by atomic mass is 32.2. The van der Waals surface area contributed by atoms with Crippen molar-refractivity contribution in [2.45, 2.75) is 31.7 Å². The van der Waals surface area contributed by atoms with Crippen LogP contribution in [-0.4, -0.2) is 51.6 Å². The second-order valence-electron chi connectivity index (χ2n) is 5.15. The summed E-state index contributed by atoms with van der Waals surface area (Å²) in [6, 6.07) is 0.174. The summed E-state index contributed by atoms with van der Waals surface area (Å²) < 4.78 is 31.9. The summed E-state index contributed by atoms with van der Waals surface area (Å²) in [5.41, 5.74) is 0. The lowest BCUT2D eigenvalue weighted by atomic mass is 10.2. The molecule has 8 heteroatoms. The Morgan fingerprint density at radius 3 is 2.63 bits per heavy atom. The van der Waals surface area contributed by atoms with Gasteiger partial charge in [0.05, 0.1) is 7.11 Å². The average Bonchev–Trinajstić information content (AvgIpc) is 3.02. The molecule has 1 atom stereocenters. The maximum absolute atomic E-state index is 12.1. The normalized spacial score (nSPS) is 23.6. The number of rotatable bonds is 6. The van der Waals surface area contributed by atoms with Gasteiger partial charge in [-0.1, -0.05) is 0 Å². The smallest absolute Gasteiger partial charge is 0.421 e. The number of methoxy groups -OCH3 is 1. The molecule has 19 heavy (non-hydrogen) atoms. The van der Waals surface area contributed by atoms with Crippen LogP contribution in [0.1, 0.15) is 25.7 Å². The van der Waals surface area contributed by atoms with Gasteiger partial charge in [-0.25, -0.2) is 9.52 Å². The number of hydrogen-bond donors (Lipinski definition) is 2. The van der Waals surface area contributed by atoms with Gasteiger partial charge in [-0.3, -0.25) is 0 Å². The predicted octanol–water partition coefficient (Wildman–Crippen LogP) is 0.0512. The van der Waals surface area contributed by atoms with E-state index in [1.54, 1.807) is 0 Å². The van der Waals surface area contributed by atoms with E-state index in [9.17, 15) is 13.2 Å². The van der Waals surface area contributed by atoms with Crippen LogP contribution in [0.5, 0.6) is 0 Å². The minimum Gasteiger partial charge on any atom is -0.452 e. The molecule has 7 nitrogen and oxygen atoms in total. The number of ether oxygens (including phenoxy) is 1. The molecule has 1 saturated heterocycles. The van der Waals surface area contributed by atoms with Crippen LogP contribution in [0, 0.1) is 5.92 Å². The fraction of sp³-hybridized carbons (Fsp3) is 0.909. The summed E-state index contributed by atoms with van der Waals surface area (Å²) in [6.07, 6.45) is 3.20. The molecule has 1 amide bonds. The molecule has 1 unspecified atom stereocenters. The zero-order valence-electron chi connectivity index (χ0n) is 11.1. The van der Waals surface area contributed by atoms with E-state index in [1.807, 2.05) is 4.72 Å². The average molecular weight is 291 g/mol. The molecule has 1 aliphatic carbocycles. The zero-order chi connectivity index (χ0) is 13.9. The molecule has 2 aliphatic rings. The molecule has 0 aromatic rings. The molecule has 0 spiro atoms. The van der Waals surface area contributed by atoms with Gasteiger partial charge in [0.25, 0.3) is 0 Å². The fourth-order valence-corrected chi connectivity index (χ4v) is 3.44. The van der Waals surface area contributed by atoms with Crippen molar-refractivity contribution >= 4 is 16.3 Å². The third-order valence-electron chi connectivity index (χ3n) is 3.48. The minimum absolute atomic E-state index is 0.174. The van der Waals surface area contributed by atoms with Crippen molar-refractivity contribution < 1.29 is 17.9 Å². The predicted molar refractivity (Wildman–Crippen MR) is 69.8 cm³/mol. The first-order chi connectivity index (χ1) is 9.01. The Balaban J connectivity index is 1.99. The van der Waals surface area contributed by atoms with E-state index in [1.165, 1.54) is 4.31 Å². The SMILES string of the molecule is COC(=O)NS(=O)(=O)N(CC1CC1)CC1CCCN1. The third kappa shape index (κ3) is 4.32. The van der Waals surface area contributed by atoms with E-state index in [0.29, 0.717) is 19.0 Å². The highest BCUT2D eigenvalue weighted by Gasteiger charge is 2.33. The van der Waals surface area contributed by atoms with Crippen LogP contribution in [0.15, 0.2) is 0 Å². The largest absolute Gasteiger partial charge is 0.452 e. The molecule has 110 valence electrons. The van der Waals surface area contributed by atoms with Crippen molar-refractivity contribution in [3.05, 3.63) is 0 Å². The molecule has 0 aromatic carbocycles. The lowest BCUT2D eigenvalue weighted by Gasteiger charge is -2.24. The second-order valence-corrected chi connectivity index (χ2v) is 6.82. The third-order valence-corrected chi connectivity index (χ3v) is 4.89. The number of nitrogens with zero attached hydrogens (tertiary/aromatic N) is 1. The lowest BCUT2D eigenvalue weighted by Crippen LogP contribution is -2.48. The van der Waals surface area contributed by atoms with Gasteiger partial charge in [-0.2, -0.15) is 12.7 Å². The monoisotopic (exact) mass is 291 g/mol. The quantitative estimate of drug-likeness (QED) is 0.722.